The van der Waals surface area contributed by atoms with E-state index in [9.17, 15) is 9.59 Å². The van der Waals surface area contributed by atoms with E-state index in [2.05, 4.69) is 6.92 Å². The van der Waals surface area contributed by atoms with Crippen molar-refractivity contribution in [3.63, 3.8) is 0 Å². The lowest BCUT2D eigenvalue weighted by molar-refractivity contribution is -0.136. The Morgan fingerprint density at radius 2 is 1.77 bits per heavy atom. The molecule has 1 heterocycles. The van der Waals surface area contributed by atoms with Gasteiger partial charge in [-0.25, -0.2) is 0 Å². The minimum atomic E-state index is -0.881. The molecule has 0 saturated heterocycles. The average molecular weight is 299 g/mol. The highest BCUT2D eigenvalue weighted by Gasteiger charge is 2.17. The number of rotatable bonds is 8. The van der Waals surface area contributed by atoms with Crippen molar-refractivity contribution in [2.24, 2.45) is 0 Å². The first-order valence-electron chi connectivity index (χ1n) is 7.63. The van der Waals surface area contributed by atoms with Crippen molar-refractivity contribution in [2.75, 3.05) is 0 Å². The molecule has 0 radical (unpaired) electrons. The molecule has 22 heavy (non-hydrogen) atoms. The first-order chi connectivity index (χ1) is 10.6. The zero-order valence-electron chi connectivity index (χ0n) is 12.8. The zero-order chi connectivity index (χ0) is 15.9. The highest BCUT2D eigenvalue weighted by Crippen LogP contribution is 2.17. The summed E-state index contributed by atoms with van der Waals surface area (Å²) in [5.74, 6) is -0.942. The molecule has 0 bridgehead atoms. The van der Waals surface area contributed by atoms with Crippen LogP contribution in [0.2, 0.25) is 0 Å². The van der Waals surface area contributed by atoms with Crippen LogP contribution in [0.1, 0.15) is 47.9 Å². The first kappa shape index (κ1) is 16.0. The lowest BCUT2D eigenvalue weighted by Gasteiger charge is -2.12. The normalized spacial score (nSPS) is 10.6. The summed E-state index contributed by atoms with van der Waals surface area (Å²) in [7, 11) is 0. The molecule has 1 aromatic heterocycles. The van der Waals surface area contributed by atoms with Crippen molar-refractivity contribution in [3.05, 3.63) is 59.4 Å². The van der Waals surface area contributed by atoms with Gasteiger partial charge in [-0.2, -0.15) is 0 Å². The number of hydrogen-bond donors (Lipinski definition) is 1. The van der Waals surface area contributed by atoms with E-state index in [0.29, 0.717) is 23.5 Å². The number of carboxylic acid groups (broad SMARTS) is 1. The number of carboxylic acids is 1. The number of ketones is 1. The van der Waals surface area contributed by atoms with E-state index in [1.165, 1.54) is 0 Å². The molecule has 0 fully saturated rings. The van der Waals surface area contributed by atoms with E-state index in [-0.39, 0.29) is 12.2 Å². The molecule has 0 aliphatic carbocycles. The van der Waals surface area contributed by atoms with E-state index >= 15 is 0 Å². The molecule has 1 aromatic carbocycles. The van der Waals surface area contributed by atoms with Gasteiger partial charge in [0.05, 0.1) is 12.1 Å². The summed E-state index contributed by atoms with van der Waals surface area (Å²) >= 11 is 0. The number of unbranched alkanes of at least 4 members (excludes halogenated alkanes) is 2. The van der Waals surface area contributed by atoms with Crippen LogP contribution in [0, 0.1) is 0 Å². The quantitative estimate of drug-likeness (QED) is 0.599. The van der Waals surface area contributed by atoms with E-state index in [0.717, 1.165) is 19.3 Å². The molecule has 0 unspecified atom stereocenters. The van der Waals surface area contributed by atoms with Gasteiger partial charge < -0.3 is 9.67 Å². The van der Waals surface area contributed by atoms with Gasteiger partial charge in [0.25, 0.3) is 0 Å². The molecule has 0 aliphatic rings. The van der Waals surface area contributed by atoms with Gasteiger partial charge in [0.1, 0.15) is 0 Å². The molecule has 0 amide bonds. The Kier molecular flexibility index (Phi) is 5.53. The van der Waals surface area contributed by atoms with E-state index in [1.54, 1.807) is 24.3 Å². The number of nitrogens with zero attached hydrogens (tertiary/aromatic N) is 1. The zero-order valence-corrected chi connectivity index (χ0v) is 12.8. The second kappa shape index (κ2) is 7.59. The van der Waals surface area contributed by atoms with Crippen LogP contribution in [0.4, 0.5) is 0 Å². The molecule has 0 aliphatic heterocycles. The third-order valence-electron chi connectivity index (χ3n) is 3.66. The average Bonchev–Trinajstić information content (AvgIpc) is 2.90. The molecule has 116 valence electrons. The van der Waals surface area contributed by atoms with Crippen LogP contribution < -0.4 is 0 Å². The summed E-state index contributed by atoms with van der Waals surface area (Å²) in [5.41, 5.74) is 1.88. The minimum absolute atomic E-state index is 0.0613. The summed E-state index contributed by atoms with van der Waals surface area (Å²) < 4.78 is 1.86. The van der Waals surface area contributed by atoms with Crippen molar-refractivity contribution >= 4 is 11.8 Å². The van der Waals surface area contributed by atoms with Crippen LogP contribution in [0.15, 0.2) is 42.5 Å². The summed E-state index contributed by atoms with van der Waals surface area (Å²) in [6, 6.07) is 12.6. The SMILES string of the molecule is CCCCCn1c(CC(=O)O)ccc1C(=O)c1ccccc1. The molecule has 2 rings (SSSR count). The van der Waals surface area contributed by atoms with Crippen molar-refractivity contribution in [3.8, 4) is 0 Å². The summed E-state index contributed by atoms with van der Waals surface area (Å²) in [4.78, 5) is 23.6. The number of benzene rings is 1. The highest BCUT2D eigenvalue weighted by atomic mass is 16.4. The van der Waals surface area contributed by atoms with Gasteiger partial charge >= 0.3 is 5.97 Å². The number of hydrogen-bond acceptors (Lipinski definition) is 2. The van der Waals surface area contributed by atoms with Crippen LogP contribution in [-0.4, -0.2) is 21.4 Å². The van der Waals surface area contributed by atoms with Gasteiger partial charge in [-0.05, 0) is 18.6 Å². The molecule has 4 nitrogen and oxygen atoms in total. The number of carbonyl (C=O) groups is 2. The monoisotopic (exact) mass is 299 g/mol. The van der Waals surface area contributed by atoms with E-state index < -0.39 is 5.97 Å². The van der Waals surface area contributed by atoms with Crippen LogP contribution in [0.3, 0.4) is 0 Å². The number of aromatic nitrogens is 1. The topological polar surface area (TPSA) is 59.3 Å². The molecular weight excluding hydrogens is 278 g/mol. The van der Waals surface area contributed by atoms with Crippen LogP contribution in [0.25, 0.3) is 0 Å². The third-order valence-corrected chi connectivity index (χ3v) is 3.66. The van der Waals surface area contributed by atoms with Crippen molar-refractivity contribution in [1.29, 1.82) is 0 Å². The van der Waals surface area contributed by atoms with Crippen molar-refractivity contribution in [1.82, 2.24) is 4.57 Å². The second-order valence-corrected chi connectivity index (χ2v) is 5.33. The predicted octanol–water partition coefficient (Wildman–Crippen LogP) is 3.54. The lowest BCUT2D eigenvalue weighted by atomic mass is 10.1. The molecule has 0 atom stereocenters. The number of aliphatic carboxylic acids is 1. The second-order valence-electron chi connectivity index (χ2n) is 5.33. The van der Waals surface area contributed by atoms with Crippen LogP contribution >= 0.6 is 0 Å². The maximum Gasteiger partial charge on any atom is 0.309 e. The van der Waals surface area contributed by atoms with Gasteiger partial charge in [-0.15, -0.1) is 0 Å². The summed E-state index contributed by atoms with van der Waals surface area (Å²) in [5, 5.41) is 9.03. The molecule has 2 aromatic rings. The fourth-order valence-electron chi connectivity index (χ4n) is 2.54. The van der Waals surface area contributed by atoms with Gasteiger partial charge in [0.2, 0.25) is 5.78 Å². The largest absolute Gasteiger partial charge is 0.481 e. The smallest absolute Gasteiger partial charge is 0.309 e. The Morgan fingerprint density at radius 3 is 2.41 bits per heavy atom. The van der Waals surface area contributed by atoms with Crippen LogP contribution in [-0.2, 0) is 17.8 Å². The Bertz CT molecular complexity index is 644. The first-order valence-corrected chi connectivity index (χ1v) is 7.63. The van der Waals surface area contributed by atoms with Gasteiger partial charge in [0, 0.05) is 17.8 Å². The lowest BCUT2D eigenvalue weighted by Crippen LogP contribution is -2.15. The Balaban J connectivity index is 2.31. The number of carbonyl (C=O) groups excluding carboxylic acids is 1. The molecule has 1 N–H and O–H groups in total. The molecular formula is C18H21NO3. The van der Waals surface area contributed by atoms with Gasteiger partial charge in [0.15, 0.2) is 0 Å². The summed E-state index contributed by atoms with van der Waals surface area (Å²) in [6.07, 6.45) is 3.02. The standard InChI is InChI=1S/C18H21NO3/c1-2-3-7-12-19-15(13-17(20)21)10-11-16(19)18(22)14-8-5-4-6-9-14/h4-6,8-11H,2-3,7,12-13H2,1H3,(H,20,21). The van der Waals surface area contributed by atoms with Gasteiger partial charge in [-0.1, -0.05) is 50.1 Å². The predicted molar refractivity (Wildman–Crippen MR) is 85.2 cm³/mol. The van der Waals surface area contributed by atoms with E-state index in [4.69, 9.17) is 5.11 Å². The molecule has 4 heteroatoms. The Morgan fingerprint density at radius 1 is 1.05 bits per heavy atom. The maximum atomic E-state index is 12.6. The fraction of sp³-hybridized carbons (Fsp3) is 0.333. The Hall–Kier alpha value is -2.36. The Labute approximate surface area is 130 Å². The van der Waals surface area contributed by atoms with Crippen molar-refractivity contribution in [2.45, 2.75) is 39.2 Å². The maximum absolute atomic E-state index is 12.6. The van der Waals surface area contributed by atoms with E-state index in [1.807, 2.05) is 22.8 Å². The molecule has 0 saturated carbocycles. The van der Waals surface area contributed by atoms with Crippen molar-refractivity contribution < 1.29 is 14.7 Å². The highest BCUT2D eigenvalue weighted by molar-refractivity contribution is 6.08. The fourth-order valence-corrected chi connectivity index (χ4v) is 2.54. The molecule has 0 spiro atoms. The van der Waals surface area contributed by atoms with Gasteiger partial charge in [-0.3, -0.25) is 9.59 Å². The van der Waals surface area contributed by atoms with Crippen LogP contribution in [0.5, 0.6) is 0 Å². The minimum Gasteiger partial charge on any atom is -0.481 e. The third kappa shape index (κ3) is 3.85. The summed E-state index contributed by atoms with van der Waals surface area (Å²) in [6.45, 7) is 2.79.